The highest BCUT2D eigenvalue weighted by Gasteiger charge is 2.03. The van der Waals surface area contributed by atoms with E-state index in [0.29, 0.717) is 12.5 Å². The maximum atomic E-state index is 8.89. The van der Waals surface area contributed by atoms with Gasteiger partial charge < -0.3 is 10.4 Å². The second kappa shape index (κ2) is 4.85. The minimum atomic E-state index is 0.147. The Hall–Kier alpha value is -1.75. The lowest BCUT2D eigenvalue weighted by atomic mass is 10.2. The standard InChI is InChI=1S/C11H14N4O/c1-8(7-16)6-12-11-13-9-4-2-3-5-10(9)14-15-11/h2-5,8,16H,6-7H2,1H3,(H,12,13,15). The van der Waals surface area contributed by atoms with Crippen LogP contribution in [0.1, 0.15) is 6.92 Å². The van der Waals surface area contributed by atoms with Gasteiger partial charge >= 0.3 is 0 Å². The number of rotatable bonds is 4. The molecule has 0 saturated heterocycles. The highest BCUT2D eigenvalue weighted by Crippen LogP contribution is 2.08. The van der Waals surface area contributed by atoms with Gasteiger partial charge in [0, 0.05) is 13.2 Å². The van der Waals surface area contributed by atoms with Gasteiger partial charge in [0.15, 0.2) is 0 Å². The summed E-state index contributed by atoms with van der Waals surface area (Å²) in [6.45, 7) is 2.73. The van der Waals surface area contributed by atoms with Crippen molar-refractivity contribution in [2.45, 2.75) is 6.92 Å². The van der Waals surface area contributed by atoms with Crippen LogP contribution in [0.4, 0.5) is 5.95 Å². The van der Waals surface area contributed by atoms with Gasteiger partial charge in [0.25, 0.3) is 0 Å². The number of para-hydroxylation sites is 1. The van der Waals surface area contributed by atoms with E-state index in [1.54, 1.807) is 0 Å². The Bertz CT molecular complexity index is 474. The normalized spacial score (nSPS) is 12.6. The summed E-state index contributed by atoms with van der Waals surface area (Å²) in [6.07, 6.45) is 0. The molecule has 0 amide bonds. The van der Waals surface area contributed by atoms with Crippen molar-refractivity contribution in [3.05, 3.63) is 24.3 Å². The third kappa shape index (κ3) is 2.43. The number of hydrogen-bond donors (Lipinski definition) is 2. The zero-order chi connectivity index (χ0) is 11.4. The van der Waals surface area contributed by atoms with Gasteiger partial charge in [-0.05, 0) is 18.1 Å². The Morgan fingerprint density at radius 2 is 2.00 bits per heavy atom. The van der Waals surface area contributed by atoms with Crippen molar-refractivity contribution < 1.29 is 5.11 Å². The van der Waals surface area contributed by atoms with Crippen LogP contribution < -0.4 is 5.32 Å². The smallest absolute Gasteiger partial charge is 0.243 e. The molecule has 2 aromatic rings. The summed E-state index contributed by atoms with van der Waals surface area (Å²) in [5.41, 5.74) is 1.60. The van der Waals surface area contributed by atoms with Crippen molar-refractivity contribution in [1.82, 2.24) is 15.2 Å². The van der Waals surface area contributed by atoms with Gasteiger partial charge in [0.1, 0.15) is 5.52 Å². The van der Waals surface area contributed by atoms with E-state index in [4.69, 9.17) is 5.11 Å². The predicted molar refractivity (Wildman–Crippen MR) is 62.1 cm³/mol. The van der Waals surface area contributed by atoms with E-state index >= 15 is 0 Å². The Morgan fingerprint density at radius 3 is 2.75 bits per heavy atom. The molecule has 2 N–H and O–H groups in total. The summed E-state index contributed by atoms with van der Waals surface area (Å²) in [4.78, 5) is 4.32. The van der Waals surface area contributed by atoms with Gasteiger partial charge in [-0.25, -0.2) is 4.98 Å². The van der Waals surface area contributed by atoms with E-state index in [1.807, 2.05) is 31.2 Å². The molecule has 1 aromatic carbocycles. The van der Waals surface area contributed by atoms with Crippen LogP contribution in [0.25, 0.3) is 11.0 Å². The molecular formula is C11H14N4O. The number of nitrogens with zero attached hydrogens (tertiary/aromatic N) is 3. The van der Waals surface area contributed by atoms with Crippen molar-refractivity contribution in [3.63, 3.8) is 0 Å². The number of aliphatic hydroxyl groups excluding tert-OH is 1. The van der Waals surface area contributed by atoms with Crippen molar-refractivity contribution in [1.29, 1.82) is 0 Å². The summed E-state index contributed by atoms with van der Waals surface area (Å²) in [7, 11) is 0. The first-order valence-electron chi connectivity index (χ1n) is 5.24. The molecule has 5 heteroatoms. The summed E-state index contributed by atoms with van der Waals surface area (Å²) >= 11 is 0. The topological polar surface area (TPSA) is 70.9 Å². The summed E-state index contributed by atoms with van der Waals surface area (Å²) < 4.78 is 0. The summed E-state index contributed by atoms with van der Waals surface area (Å²) in [5, 5.41) is 19.9. The Balaban J connectivity index is 2.13. The van der Waals surface area contributed by atoms with Gasteiger partial charge in [-0.3, -0.25) is 0 Å². The van der Waals surface area contributed by atoms with Gasteiger partial charge in [-0.1, -0.05) is 19.1 Å². The molecule has 84 valence electrons. The molecule has 2 rings (SSSR count). The Morgan fingerprint density at radius 1 is 1.25 bits per heavy atom. The van der Waals surface area contributed by atoms with Crippen LogP contribution in [0.2, 0.25) is 0 Å². The first-order chi connectivity index (χ1) is 7.79. The molecule has 1 heterocycles. The summed E-state index contributed by atoms with van der Waals surface area (Å²) in [5.74, 6) is 0.675. The SMILES string of the molecule is CC(CO)CNc1nnc2ccccc2n1. The van der Waals surface area contributed by atoms with Gasteiger partial charge in [0.2, 0.25) is 5.95 Å². The van der Waals surface area contributed by atoms with Crippen LogP contribution in [0, 0.1) is 5.92 Å². The van der Waals surface area contributed by atoms with Crippen molar-refractivity contribution in [2.75, 3.05) is 18.5 Å². The zero-order valence-corrected chi connectivity index (χ0v) is 9.09. The van der Waals surface area contributed by atoms with Gasteiger partial charge in [0.05, 0.1) is 5.52 Å². The molecule has 0 saturated carbocycles. The number of nitrogens with one attached hydrogen (secondary N) is 1. The third-order valence-corrected chi connectivity index (χ3v) is 2.28. The Labute approximate surface area is 93.5 Å². The number of aromatic nitrogens is 3. The second-order valence-electron chi connectivity index (χ2n) is 3.79. The lowest BCUT2D eigenvalue weighted by Gasteiger charge is -2.08. The molecule has 16 heavy (non-hydrogen) atoms. The van der Waals surface area contributed by atoms with Crippen LogP contribution in [0.15, 0.2) is 24.3 Å². The molecule has 0 radical (unpaired) electrons. The molecule has 1 atom stereocenters. The first-order valence-corrected chi connectivity index (χ1v) is 5.24. The predicted octanol–water partition coefficient (Wildman–Crippen LogP) is 1.07. The van der Waals surface area contributed by atoms with Crippen LogP contribution >= 0.6 is 0 Å². The zero-order valence-electron chi connectivity index (χ0n) is 9.09. The number of anilines is 1. The number of aliphatic hydroxyl groups is 1. The number of hydrogen-bond acceptors (Lipinski definition) is 5. The quantitative estimate of drug-likeness (QED) is 0.803. The van der Waals surface area contributed by atoms with Crippen molar-refractivity contribution in [3.8, 4) is 0 Å². The monoisotopic (exact) mass is 218 g/mol. The van der Waals surface area contributed by atoms with Gasteiger partial charge in [-0.15, -0.1) is 10.2 Å². The van der Waals surface area contributed by atoms with E-state index in [9.17, 15) is 0 Å². The minimum absolute atomic E-state index is 0.147. The van der Waals surface area contributed by atoms with Crippen molar-refractivity contribution >= 4 is 17.0 Å². The lowest BCUT2D eigenvalue weighted by molar-refractivity contribution is 0.244. The van der Waals surface area contributed by atoms with E-state index in [-0.39, 0.29) is 12.5 Å². The Kier molecular flexibility index (Phi) is 3.26. The average Bonchev–Trinajstić information content (AvgIpc) is 2.35. The maximum absolute atomic E-state index is 8.89. The number of fused-ring (bicyclic) bond motifs is 1. The van der Waals surface area contributed by atoms with Crippen LogP contribution in [-0.4, -0.2) is 33.4 Å². The molecule has 0 aliphatic carbocycles. The minimum Gasteiger partial charge on any atom is -0.396 e. The molecule has 0 aliphatic rings. The van der Waals surface area contributed by atoms with Crippen LogP contribution in [-0.2, 0) is 0 Å². The first kappa shape index (κ1) is 10.8. The molecule has 0 spiro atoms. The third-order valence-electron chi connectivity index (χ3n) is 2.28. The molecular weight excluding hydrogens is 204 g/mol. The van der Waals surface area contributed by atoms with Gasteiger partial charge in [-0.2, -0.15) is 0 Å². The van der Waals surface area contributed by atoms with E-state index in [2.05, 4.69) is 20.5 Å². The highest BCUT2D eigenvalue weighted by atomic mass is 16.3. The second-order valence-corrected chi connectivity index (χ2v) is 3.79. The van der Waals surface area contributed by atoms with Crippen LogP contribution in [0.3, 0.4) is 0 Å². The van der Waals surface area contributed by atoms with E-state index in [1.165, 1.54) is 0 Å². The lowest BCUT2D eigenvalue weighted by Crippen LogP contribution is -2.16. The van der Waals surface area contributed by atoms with E-state index in [0.717, 1.165) is 11.0 Å². The molecule has 5 nitrogen and oxygen atoms in total. The number of benzene rings is 1. The molecule has 1 unspecified atom stereocenters. The largest absolute Gasteiger partial charge is 0.396 e. The molecule has 0 bridgehead atoms. The highest BCUT2D eigenvalue weighted by molar-refractivity contribution is 5.73. The van der Waals surface area contributed by atoms with Crippen molar-refractivity contribution in [2.24, 2.45) is 5.92 Å². The fourth-order valence-electron chi connectivity index (χ4n) is 1.29. The fraction of sp³-hybridized carbons (Fsp3) is 0.364. The molecule has 0 aliphatic heterocycles. The fourth-order valence-corrected chi connectivity index (χ4v) is 1.29. The average molecular weight is 218 g/mol. The summed E-state index contributed by atoms with van der Waals surface area (Å²) in [6, 6.07) is 7.58. The van der Waals surface area contributed by atoms with Crippen LogP contribution in [0.5, 0.6) is 0 Å². The maximum Gasteiger partial charge on any atom is 0.243 e. The molecule has 1 aromatic heterocycles. The van der Waals surface area contributed by atoms with E-state index < -0.39 is 0 Å². The molecule has 0 fully saturated rings.